The van der Waals surface area contributed by atoms with Crippen LogP contribution in [0.4, 0.5) is 0 Å². The van der Waals surface area contributed by atoms with E-state index >= 15 is 0 Å². The molecule has 0 heterocycles. The van der Waals surface area contributed by atoms with Crippen LogP contribution in [0.5, 0.6) is 0 Å². The first kappa shape index (κ1) is 17.7. The average molecular weight is 356 g/mol. The summed E-state index contributed by atoms with van der Waals surface area (Å²) in [6.07, 6.45) is 0. The molecule has 124 valence electrons. The SMILES string of the molecule is N#Cc1ccc(S(=O)(=O)c2cc(C(=O)O)cc(C(=O)O)c2)cc1C#N. The molecule has 0 aliphatic heterocycles. The van der Waals surface area contributed by atoms with Gasteiger partial charge in [-0.1, -0.05) is 0 Å². The summed E-state index contributed by atoms with van der Waals surface area (Å²) in [5, 5.41) is 35.9. The van der Waals surface area contributed by atoms with E-state index in [4.69, 9.17) is 20.7 Å². The summed E-state index contributed by atoms with van der Waals surface area (Å²) in [5.41, 5.74) is -1.20. The molecule has 0 saturated carbocycles. The van der Waals surface area contributed by atoms with Gasteiger partial charge in [0.1, 0.15) is 12.1 Å². The molecule has 25 heavy (non-hydrogen) atoms. The molecule has 0 aromatic heterocycles. The van der Waals surface area contributed by atoms with Crippen molar-refractivity contribution >= 4 is 21.8 Å². The summed E-state index contributed by atoms with van der Waals surface area (Å²) < 4.78 is 25.3. The number of nitriles is 2. The third kappa shape index (κ3) is 3.32. The van der Waals surface area contributed by atoms with E-state index in [0.29, 0.717) is 0 Å². The maximum Gasteiger partial charge on any atom is 0.335 e. The Morgan fingerprint density at radius 2 is 1.32 bits per heavy atom. The first-order valence-corrected chi connectivity index (χ1v) is 8.00. The molecule has 2 aromatic carbocycles. The normalized spacial score (nSPS) is 10.5. The number of hydrogen-bond donors (Lipinski definition) is 2. The van der Waals surface area contributed by atoms with Gasteiger partial charge in [-0.15, -0.1) is 0 Å². The van der Waals surface area contributed by atoms with Gasteiger partial charge in [-0.05, 0) is 36.4 Å². The zero-order valence-electron chi connectivity index (χ0n) is 12.3. The predicted octanol–water partition coefficient (Wildman–Crippen LogP) is 1.66. The highest BCUT2D eigenvalue weighted by Crippen LogP contribution is 2.25. The van der Waals surface area contributed by atoms with Crippen LogP contribution >= 0.6 is 0 Å². The number of hydrogen-bond acceptors (Lipinski definition) is 6. The Morgan fingerprint density at radius 3 is 1.76 bits per heavy atom. The lowest BCUT2D eigenvalue weighted by molar-refractivity contribution is 0.0696. The Balaban J connectivity index is 2.73. The van der Waals surface area contributed by atoms with Crippen LogP contribution in [0.15, 0.2) is 46.2 Å². The molecule has 9 heteroatoms. The molecule has 2 rings (SSSR count). The fourth-order valence-corrected chi connectivity index (χ4v) is 3.37. The highest BCUT2D eigenvalue weighted by molar-refractivity contribution is 7.91. The van der Waals surface area contributed by atoms with Crippen molar-refractivity contribution in [1.29, 1.82) is 10.5 Å². The molecule has 0 atom stereocenters. The number of benzene rings is 2. The first-order chi connectivity index (χ1) is 11.7. The van der Waals surface area contributed by atoms with Crippen LogP contribution in [-0.2, 0) is 9.84 Å². The largest absolute Gasteiger partial charge is 0.478 e. The van der Waals surface area contributed by atoms with Crippen molar-refractivity contribution in [2.45, 2.75) is 9.79 Å². The van der Waals surface area contributed by atoms with Gasteiger partial charge >= 0.3 is 11.9 Å². The van der Waals surface area contributed by atoms with Gasteiger partial charge in [0.05, 0.1) is 32.0 Å². The van der Waals surface area contributed by atoms with E-state index in [1.165, 1.54) is 0 Å². The number of sulfone groups is 1. The lowest BCUT2D eigenvalue weighted by Gasteiger charge is -2.08. The van der Waals surface area contributed by atoms with E-state index in [9.17, 15) is 18.0 Å². The topological polar surface area (TPSA) is 156 Å². The van der Waals surface area contributed by atoms with Crippen molar-refractivity contribution in [3.63, 3.8) is 0 Å². The zero-order chi connectivity index (χ0) is 18.8. The Hall–Kier alpha value is -3.69. The van der Waals surface area contributed by atoms with Crippen molar-refractivity contribution in [2.24, 2.45) is 0 Å². The highest BCUT2D eigenvalue weighted by Gasteiger charge is 2.23. The van der Waals surface area contributed by atoms with E-state index in [1.807, 2.05) is 0 Å². The number of nitrogens with zero attached hydrogens (tertiary/aromatic N) is 2. The van der Waals surface area contributed by atoms with Crippen LogP contribution in [0, 0.1) is 22.7 Å². The van der Waals surface area contributed by atoms with Crippen molar-refractivity contribution in [1.82, 2.24) is 0 Å². The number of rotatable bonds is 4. The molecular formula is C16H8N2O6S. The van der Waals surface area contributed by atoms with Crippen LogP contribution in [0.2, 0.25) is 0 Å². The summed E-state index contributed by atoms with van der Waals surface area (Å²) in [4.78, 5) is 21.3. The number of aromatic carboxylic acids is 2. The van der Waals surface area contributed by atoms with Crippen LogP contribution in [0.25, 0.3) is 0 Å². The number of carboxylic acid groups (broad SMARTS) is 2. The van der Waals surface area contributed by atoms with Gasteiger partial charge in [-0.2, -0.15) is 10.5 Å². The van der Waals surface area contributed by atoms with Gasteiger partial charge in [0.25, 0.3) is 0 Å². The van der Waals surface area contributed by atoms with E-state index in [2.05, 4.69) is 0 Å². The van der Waals surface area contributed by atoms with Gasteiger partial charge in [0.2, 0.25) is 9.84 Å². The Morgan fingerprint density at radius 1 is 0.800 bits per heavy atom. The van der Waals surface area contributed by atoms with Gasteiger partial charge in [0.15, 0.2) is 0 Å². The molecule has 0 bridgehead atoms. The molecule has 0 aliphatic rings. The molecular weight excluding hydrogens is 348 g/mol. The second-order valence-electron chi connectivity index (χ2n) is 4.79. The van der Waals surface area contributed by atoms with Gasteiger partial charge in [-0.25, -0.2) is 18.0 Å². The van der Waals surface area contributed by atoms with Gasteiger partial charge < -0.3 is 10.2 Å². The average Bonchev–Trinajstić information content (AvgIpc) is 2.60. The van der Waals surface area contributed by atoms with E-state index in [1.54, 1.807) is 12.1 Å². The molecule has 2 aromatic rings. The molecule has 0 unspecified atom stereocenters. The number of carbonyl (C=O) groups is 2. The summed E-state index contributed by atoms with van der Waals surface area (Å²) in [6.45, 7) is 0. The molecule has 0 fully saturated rings. The van der Waals surface area contributed by atoms with E-state index < -0.39 is 37.8 Å². The molecule has 8 nitrogen and oxygen atoms in total. The second-order valence-corrected chi connectivity index (χ2v) is 6.74. The smallest absolute Gasteiger partial charge is 0.335 e. The quantitative estimate of drug-likeness (QED) is 0.837. The molecule has 0 spiro atoms. The third-order valence-electron chi connectivity index (χ3n) is 3.25. The fourth-order valence-electron chi connectivity index (χ4n) is 2.02. The maximum absolute atomic E-state index is 12.7. The van der Waals surface area contributed by atoms with Crippen LogP contribution in [-0.4, -0.2) is 30.6 Å². The first-order valence-electron chi connectivity index (χ1n) is 6.51. The molecule has 0 amide bonds. The molecule has 0 radical (unpaired) electrons. The minimum absolute atomic E-state index is 0.0213. The maximum atomic E-state index is 12.7. The Labute approximate surface area is 141 Å². The standard InChI is InChI=1S/C16H8N2O6S/c17-7-9-1-2-13(6-12(9)8-18)25(23,24)14-4-10(15(19)20)3-11(5-14)16(21)22/h1-6H,(H,19,20)(H,21,22). The minimum Gasteiger partial charge on any atom is -0.478 e. The third-order valence-corrected chi connectivity index (χ3v) is 4.98. The van der Waals surface area contributed by atoms with E-state index in [-0.39, 0.29) is 16.0 Å². The zero-order valence-corrected chi connectivity index (χ0v) is 13.1. The molecule has 2 N–H and O–H groups in total. The van der Waals surface area contributed by atoms with E-state index in [0.717, 1.165) is 36.4 Å². The van der Waals surface area contributed by atoms with Crippen LogP contribution in [0.1, 0.15) is 31.8 Å². The summed E-state index contributed by atoms with van der Waals surface area (Å²) >= 11 is 0. The van der Waals surface area contributed by atoms with Crippen LogP contribution in [0.3, 0.4) is 0 Å². The summed E-state index contributed by atoms with van der Waals surface area (Å²) in [6, 6.07) is 9.13. The number of carboxylic acids is 2. The van der Waals surface area contributed by atoms with Crippen molar-refractivity contribution in [2.75, 3.05) is 0 Å². The summed E-state index contributed by atoms with van der Waals surface area (Å²) in [7, 11) is -4.30. The lowest BCUT2D eigenvalue weighted by Crippen LogP contribution is -2.09. The minimum atomic E-state index is -4.30. The van der Waals surface area contributed by atoms with Crippen LogP contribution < -0.4 is 0 Å². The van der Waals surface area contributed by atoms with Crippen molar-refractivity contribution in [3.8, 4) is 12.1 Å². The highest BCUT2D eigenvalue weighted by atomic mass is 32.2. The molecule has 0 aliphatic carbocycles. The van der Waals surface area contributed by atoms with Gasteiger partial charge in [-0.3, -0.25) is 0 Å². The predicted molar refractivity (Wildman–Crippen MR) is 81.7 cm³/mol. The second kappa shape index (κ2) is 6.43. The fraction of sp³-hybridized carbons (Fsp3) is 0. The lowest BCUT2D eigenvalue weighted by atomic mass is 10.1. The molecule has 0 saturated heterocycles. The van der Waals surface area contributed by atoms with Gasteiger partial charge in [0, 0.05) is 0 Å². The monoisotopic (exact) mass is 356 g/mol. The van der Waals surface area contributed by atoms with Crippen molar-refractivity contribution in [3.05, 3.63) is 58.7 Å². The Bertz CT molecular complexity index is 1060. The summed E-state index contributed by atoms with van der Waals surface area (Å²) in [5.74, 6) is -2.98. The Kier molecular flexibility index (Phi) is 4.54. The van der Waals surface area contributed by atoms with Crippen molar-refractivity contribution < 1.29 is 28.2 Å².